The minimum Gasteiger partial charge on any atom is -0.488 e. The first-order valence-corrected chi connectivity index (χ1v) is 11.4. The molecule has 1 saturated heterocycles. The van der Waals surface area contributed by atoms with Crippen molar-refractivity contribution in [1.82, 2.24) is 5.32 Å². The van der Waals surface area contributed by atoms with Gasteiger partial charge < -0.3 is 16.5 Å². The maximum absolute atomic E-state index is 6.12. The molecule has 3 heteroatoms. The third-order valence-corrected chi connectivity index (χ3v) is 5.91. The topological polar surface area (TPSA) is 21.3 Å². The van der Waals surface area contributed by atoms with Crippen molar-refractivity contribution >= 4 is 0 Å². The molecule has 32 heavy (non-hydrogen) atoms. The van der Waals surface area contributed by atoms with Crippen molar-refractivity contribution in [2.45, 2.75) is 51.0 Å². The molecule has 1 fully saturated rings. The molecule has 165 valence electrons. The molecule has 0 amide bonds. The standard InChI is InChI=1S/C26H27O.C3H6N.Y/c1-26(2,3)27-22-15-17-24-21(18-22)14-16-23(19-10-6-4-7-11-19)25(24)20-12-8-5-9-13-20;1-2-4-3-1;/h4,6-13,15,17-18,23,25H,14,16H2,1-3H3;1,4H,2-3H2;/q2*-1;/t23-,25+;;/m1../s1. The molecule has 3 aromatic rings. The van der Waals surface area contributed by atoms with Gasteiger partial charge in [-0.2, -0.15) is 30.3 Å². The summed E-state index contributed by atoms with van der Waals surface area (Å²) in [4.78, 5) is 0. The summed E-state index contributed by atoms with van der Waals surface area (Å²) in [6, 6.07) is 29.3. The Morgan fingerprint density at radius 2 is 1.59 bits per heavy atom. The second-order valence-corrected chi connectivity index (χ2v) is 9.39. The zero-order valence-electron chi connectivity index (χ0n) is 19.5. The predicted octanol–water partition coefficient (Wildman–Crippen LogP) is 6.32. The molecule has 5 rings (SSSR count). The molecule has 2 atom stereocenters. The fourth-order valence-corrected chi connectivity index (χ4v) is 4.44. The summed E-state index contributed by atoms with van der Waals surface area (Å²) in [5.41, 5.74) is 5.47. The zero-order valence-corrected chi connectivity index (χ0v) is 22.3. The van der Waals surface area contributed by atoms with E-state index in [-0.39, 0.29) is 38.3 Å². The van der Waals surface area contributed by atoms with Gasteiger partial charge in [0, 0.05) is 32.7 Å². The maximum atomic E-state index is 6.12. The number of benzene rings is 3. The molecule has 0 aromatic heterocycles. The van der Waals surface area contributed by atoms with Gasteiger partial charge in [-0.3, -0.25) is 0 Å². The first-order valence-electron chi connectivity index (χ1n) is 11.4. The van der Waals surface area contributed by atoms with Crippen LogP contribution in [0.3, 0.4) is 0 Å². The Hall–Kier alpha value is -1.48. The molecule has 0 unspecified atom stereocenters. The number of nitrogens with one attached hydrogen (secondary N) is 1. The van der Waals surface area contributed by atoms with Crippen LogP contribution in [0.5, 0.6) is 5.75 Å². The van der Waals surface area contributed by atoms with Crippen molar-refractivity contribution in [2.75, 3.05) is 13.1 Å². The quantitative estimate of drug-likeness (QED) is 0.425. The van der Waals surface area contributed by atoms with Crippen LogP contribution in [0, 0.1) is 12.5 Å². The smallest absolute Gasteiger partial charge is 0.120 e. The molecule has 1 aliphatic carbocycles. The molecule has 1 N–H and O–H groups in total. The molecule has 1 aliphatic heterocycles. The van der Waals surface area contributed by atoms with E-state index in [1.165, 1.54) is 22.3 Å². The number of fused-ring (bicyclic) bond motifs is 1. The first-order chi connectivity index (χ1) is 15.0. The third-order valence-electron chi connectivity index (χ3n) is 5.91. The average molecular weight is 500 g/mol. The van der Waals surface area contributed by atoms with Crippen LogP contribution >= 0.6 is 0 Å². The summed E-state index contributed by atoms with van der Waals surface area (Å²) in [6.45, 7) is 8.55. The van der Waals surface area contributed by atoms with Crippen LogP contribution in [0.15, 0.2) is 72.8 Å². The van der Waals surface area contributed by atoms with Crippen molar-refractivity contribution in [2.24, 2.45) is 0 Å². The van der Waals surface area contributed by atoms with Crippen molar-refractivity contribution in [3.05, 3.63) is 108 Å². The second-order valence-electron chi connectivity index (χ2n) is 9.39. The molecule has 2 nitrogen and oxygen atoms in total. The van der Waals surface area contributed by atoms with Gasteiger partial charge in [0.2, 0.25) is 0 Å². The molecule has 2 aliphatic rings. The Bertz CT molecular complexity index is 957. The Labute approximate surface area is 219 Å². The van der Waals surface area contributed by atoms with Crippen LogP contribution in [-0.4, -0.2) is 18.7 Å². The predicted molar refractivity (Wildman–Crippen MR) is 129 cm³/mol. The van der Waals surface area contributed by atoms with Gasteiger partial charge >= 0.3 is 0 Å². The van der Waals surface area contributed by atoms with E-state index in [9.17, 15) is 0 Å². The van der Waals surface area contributed by atoms with Gasteiger partial charge in [0.1, 0.15) is 11.4 Å². The Morgan fingerprint density at radius 1 is 0.938 bits per heavy atom. The van der Waals surface area contributed by atoms with Crippen LogP contribution in [0.2, 0.25) is 0 Å². The van der Waals surface area contributed by atoms with Crippen LogP contribution in [0.4, 0.5) is 0 Å². The molecular formula is C29H33NOY-2. The van der Waals surface area contributed by atoms with E-state index in [1.54, 1.807) is 0 Å². The summed E-state index contributed by atoms with van der Waals surface area (Å²) in [7, 11) is 0. The molecule has 1 heterocycles. The van der Waals surface area contributed by atoms with E-state index in [4.69, 9.17) is 4.74 Å². The van der Waals surface area contributed by atoms with Gasteiger partial charge in [0.15, 0.2) is 0 Å². The summed E-state index contributed by atoms with van der Waals surface area (Å²) in [5, 5.41) is 3.06. The van der Waals surface area contributed by atoms with Crippen LogP contribution in [0.1, 0.15) is 61.3 Å². The molecule has 1 radical (unpaired) electrons. The van der Waals surface area contributed by atoms with Crippen molar-refractivity contribution in [3.63, 3.8) is 0 Å². The van der Waals surface area contributed by atoms with Gasteiger partial charge in [0.05, 0.1) is 0 Å². The maximum Gasteiger partial charge on any atom is 0.120 e. The van der Waals surface area contributed by atoms with E-state index in [2.05, 4.69) is 99.2 Å². The van der Waals surface area contributed by atoms with E-state index < -0.39 is 0 Å². The van der Waals surface area contributed by atoms with E-state index in [0.29, 0.717) is 11.8 Å². The minimum atomic E-state index is -0.176. The van der Waals surface area contributed by atoms with Crippen LogP contribution in [-0.2, 0) is 39.1 Å². The largest absolute Gasteiger partial charge is 0.488 e. The Balaban J connectivity index is 0.000000522. The van der Waals surface area contributed by atoms with Gasteiger partial charge in [0.25, 0.3) is 0 Å². The van der Waals surface area contributed by atoms with Gasteiger partial charge in [-0.15, -0.1) is 18.7 Å². The normalized spacial score (nSPS) is 19.3. The first kappa shape index (κ1) is 25.2. The monoisotopic (exact) mass is 500 g/mol. The van der Waals surface area contributed by atoms with E-state index >= 15 is 0 Å². The fraction of sp³-hybridized carbons (Fsp3) is 0.345. The third kappa shape index (κ3) is 6.53. The van der Waals surface area contributed by atoms with Gasteiger partial charge in [-0.1, -0.05) is 36.4 Å². The van der Waals surface area contributed by atoms with Crippen molar-refractivity contribution in [1.29, 1.82) is 0 Å². The summed E-state index contributed by atoms with van der Waals surface area (Å²) < 4.78 is 6.12. The summed E-state index contributed by atoms with van der Waals surface area (Å²) >= 11 is 0. The average Bonchev–Trinajstić information content (AvgIpc) is 2.72. The fourth-order valence-electron chi connectivity index (χ4n) is 4.44. The zero-order chi connectivity index (χ0) is 21.7. The molecular weight excluding hydrogens is 467 g/mol. The van der Waals surface area contributed by atoms with E-state index in [0.717, 1.165) is 31.7 Å². The number of hydrogen-bond donors (Lipinski definition) is 1. The molecule has 3 aromatic carbocycles. The van der Waals surface area contributed by atoms with E-state index in [1.807, 2.05) is 12.1 Å². The molecule has 0 spiro atoms. The number of hydrogen-bond acceptors (Lipinski definition) is 2. The van der Waals surface area contributed by atoms with Gasteiger partial charge in [-0.05, 0) is 74.3 Å². The Kier molecular flexibility index (Phi) is 9.11. The number of rotatable bonds is 3. The van der Waals surface area contributed by atoms with Crippen molar-refractivity contribution < 1.29 is 37.4 Å². The summed E-state index contributed by atoms with van der Waals surface area (Å²) in [6.07, 6.45) is 4.44. The number of ether oxygens (including phenoxy) is 1. The van der Waals surface area contributed by atoms with Crippen LogP contribution < -0.4 is 10.1 Å². The van der Waals surface area contributed by atoms with Crippen molar-refractivity contribution in [3.8, 4) is 5.75 Å². The summed E-state index contributed by atoms with van der Waals surface area (Å²) in [5.74, 6) is 1.84. The second kappa shape index (κ2) is 11.6. The van der Waals surface area contributed by atoms with Crippen LogP contribution in [0.25, 0.3) is 0 Å². The molecule has 0 bridgehead atoms. The number of aryl methyl sites for hydroxylation is 1. The minimum absolute atomic E-state index is 0. The Morgan fingerprint density at radius 3 is 2.19 bits per heavy atom. The SMILES string of the molecule is CC(C)(C)Oc1ccc2c(c1)CC[C@H](c1ccccc1)[C@@H]2c1cc[c-]cc1.[CH-]1CNC1.[Y]. The van der Waals surface area contributed by atoms with Gasteiger partial charge in [-0.25, -0.2) is 0 Å². The molecule has 0 saturated carbocycles.